The molecular formula is C11H7NO2S. The Kier molecular flexibility index (Phi) is 1.53. The average molecular weight is 217 g/mol. The summed E-state index contributed by atoms with van der Waals surface area (Å²) < 4.78 is 24.1. The molecule has 0 spiro atoms. The van der Waals surface area contributed by atoms with E-state index in [1.54, 1.807) is 24.4 Å². The number of hydrogen-bond donors (Lipinski definition) is 0. The molecule has 0 amide bonds. The number of aromatic nitrogens is 1. The summed E-state index contributed by atoms with van der Waals surface area (Å²) >= 11 is 0. The largest absolute Gasteiger partial charge is 0.263 e. The molecule has 2 aromatic rings. The van der Waals surface area contributed by atoms with E-state index < -0.39 is 9.84 Å². The van der Waals surface area contributed by atoms with E-state index in [9.17, 15) is 8.42 Å². The SMILES string of the molecule is O=S1(=O)c2ccccc2-c2ccncc21. The van der Waals surface area contributed by atoms with Crippen LogP contribution in [0, 0.1) is 0 Å². The Morgan fingerprint density at radius 1 is 0.933 bits per heavy atom. The molecule has 15 heavy (non-hydrogen) atoms. The molecule has 0 atom stereocenters. The minimum atomic E-state index is -3.33. The molecule has 1 aromatic heterocycles. The molecular weight excluding hydrogens is 210 g/mol. The molecule has 74 valence electrons. The lowest BCUT2D eigenvalue weighted by atomic mass is 10.1. The van der Waals surface area contributed by atoms with Crippen LogP contribution in [0.2, 0.25) is 0 Å². The van der Waals surface area contributed by atoms with Crippen LogP contribution >= 0.6 is 0 Å². The van der Waals surface area contributed by atoms with E-state index in [-0.39, 0.29) is 0 Å². The summed E-state index contributed by atoms with van der Waals surface area (Å²) in [6.45, 7) is 0. The third kappa shape index (κ3) is 0.995. The van der Waals surface area contributed by atoms with Gasteiger partial charge in [-0.2, -0.15) is 0 Å². The standard InChI is InChI=1S/C11H7NO2S/c13-15(14)10-4-2-1-3-8(10)9-5-6-12-7-11(9)15/h1-7H. The first-order chi connectivity index (χ1) is 7.21. The summed E-state index contributed by atoms with van der Waals surface area (Å²) in [5.74, 6) is 0. The lowest BCUT2D eigenvalue weighted by molar-refractivity contribution is 0.598. The van der Waals surface area contributed by atoms with Gasteiger partial charge in [-0.3, -0.25) is 4.98 Å². The first kappa shape index (κ1) is 8.61. The molecule has 1 aromatic carbocycles. The molecule has 1 aliphatic rings. The first-order valence-electron chi connectivity index (χ1n) is 4.50. The third-order valence-electron chi connectivity index (χ3n) is 2.54. The van der Waals surface area contributed by atoms with Crippen molar-refractivity contribution in [2.45, 2.75) is 9.79 Å². The highest BCUT2D eigenvalue weighted by molar-refractivity contribution is 7.92. The van der Waals surface area contributed by atoms with Crippen molar-refractivity contribution < 1.29 is 8.42 Å². The van der Waals surface area contributed by atoms with Crippen molar-refractivity contribution in [3.63, 3.8) is 0 Å². The topological polar surface area (TPSA) is 47.0 Å². The van der Waals surface area contributed by atoms with Crippen LogP contribution < -0.4 is 0 Å². The summed E-state index contributed by atoms with van der Waals surface area (Å²) in [5.41, 5.74) is 1.52. The number of pyridine rings is 1. The fraction of sp³-hybridized carbons (Fsp3) is 0. The summed E-state index contributed by atoms with van der Waals surface area (Å²) in [6, 6.07) is 8.75. The molecule has 0 unspecified atom stereocenters. The summed E-state index contributed by atoms with van der Waals surface area (Å²) in [5, 5.41) is 0. The van der Waals surface area contributed by atoms with Gasteiger partial charge in [0.2, 0.25) is 9.84 Å². The van der Waals surface area contributed by atoms with Gasteiger partial charge in [-0.1, -0.05) is 18.2 Å². The average Bonchev–Trinajstić information content (AvgIpc) is 2.51. The molecule has 3 rings (SSSR count). The van der Waals surface area contributed by atoms with Crippen LogP contribution in [0.1, 0.15) is 0 Å². The molecule has 3 nitrogen and oxygen atoms in total. The van der Waals surface area contributed by atoms with E-state index in [1.807, 2.05) is 12.1 Å². The number of rotatable bonds is 0. The number of sulfone groups is 1. The quantitative estimate of drug-likeness (QED) is 0.577. The van der Waals surface area contributed by atoms with Gasteiger partial charge in [-0.05, 0) is 12.1 Å². The normalized spacial score (nSPS) is 15.7. The van der Waals surface area contributed by atoms with Crippen molar-refractivity contribution >= 4 is 9.84 Å². The summed E-state index contributed by atoms with van der Waals surface area (Å²) in [6.07, 6.45) is 3.02. The number of nitrogens with zero attached hydrogens (tertiary/aromatic N) is 1. The molecule has 0 aliphatic carbocycles. The van der Waals surface area contributed by atoms with E-state index in [0.29, 0.717) is 9.79 Å². The first-order valence-corrected chi connectivity index (χ1v) is 5.98. The van der Waals surface area contributed by atoms with Crippen molar-refractivity contribution in [3.05, 3.63) is 42.7 Å². The number of benzene rings is 1. The van der Waals surface area contributed by atoms with Crippen LogP contribution in [0.4, 0.5) is 0 Å². The van der Waals surface area contributed by atoms with Gasteiger partial charge in [0.15, 0.2) is 0 Å². The van der Waals surface area contributed by atoms with Gasteiger partial charge in [0, 0.05) is 23.5 Å². The van der Waals surface area contributed by atoms with Crippen LogP contribution in [0.25, 0.3) is 11.1 Å². The molecule has 0 saturated carbocycles. The minimum absolute atomic E-state index is 0.311. The third-order valence-corrected chi connectivity index (χ3v) is 4.38. The van der Waals surface area contributed by atoms with Crippen molar-refractivity contribution in [3.8, 4) is 11.1 Å². The van der Waals surface area contributed by atoms with Gasteiger partial charge in [0.25, 0.3) is 0 Å². The second-order valence-corrected chi connectivity index (χ2v) is 5.26. The van der Waals surface area contributed by atoms with Crippen LogP contribution in [0.15, 0.2) is 52.5 Å². The fourth-order valence-electron chi connectivity index (χ4n) is 1.86. The number of fused-ring (bicyclic) bond motifs is 3. The summed E-state index contributed by atoms with van der Waals surface area (Å²) in [4.78, 5) is 4.55. The van der Waals surface area contributed by atoms with Crippen molar-refractivity contribution in [2.24, 2.45) is 0 Å². The van der Waals surface area contributed by atoms with Crippen molar-refractivity contribution in [2.75, 3.05) is 0 Å². The maximum absolute atomic E-state index is 12.0. The zero-order chi connectivity index (χ0) is 10.5. The zero-order valence-electron chi connectivity index (χ0n) is 7.71. The Morgan fingerprint density at radius 3 is 2.53 bits per heavy atom. The van der Waals surface area contributed by atoms with E-state index in [1.165, 1.54) is 6.20 Å². The Hall–Kier alpha value is -1.68. The highest BCUT2D eigenvalue weighted by atomic mass is 32.2. The lowest BCUT2D eigenvalue weighted by Gasteiger charge is -1.95. The van der Waals surface area contributed by atoms with E-state index >= 15 is 0 Å². The molecule has 0 bridgehead atoms. The maximum Gasteiger partial charge on any atom is 0.209 e. The summed E-state index contributed by atoms with van der Waals surface area (Å²) in [7, 11) is -3.33. The lowest BCUT2D eigenvalue weighted by Crippen LogP contribution is -1.96. The Balaban J connectivity index is 2.53. The predicted octanol–water partition coefficient (Wildman–Crippen LogP) is 1.89. The van der Waals surface area contributed by atoms with Gasteiger partial charge in [-0.25, -0.2) is 8.42 Å². The second kappa shape index (κ2) is 2.67. The van der Waals surface area contributed by atoms with E-state index in [4.69, 9.17) is 0 Å². The van der Waals surface area contributed by atoms with Crippen molar-refractivity contribution in [1.29, 1.82) is 0 Å². The molecule has 0 radical (unpaired) electrons. The molecule has 0 N–H and O–H groups in total. The smallest absolute Gasteiger partial charge is 0.209 e. The predicted molar refractivity (Wildman–Crippen MR) is 55.1 cm³/mol. The minimum Gasteiger partial charge on any atom is -0.263 e. The van der Waals surface area contributed by atoms with Gasteiger partial charge in [-0.15, -0.1) is 0 Å². The van der Waals surface area contributed by atoms with Crippen LogP contribution in [0.5, 0.6) is 0 Å². The maximum atomic E-state index is 12.0. The Bertz CT molecular complexity index is 596. The molecule has 1 aliphatic heterocycles. The molecule has 2 heterocycles. The van der Waals surface area contributed by atoms with Gasteiger partial charge < -0.3 is 0 Å². The van der Waals surface area contributed by atoms with Crippen LogP contribution in [-0.2, 0) is 9.84 Å². The van der Waals surface area contributed by atoms with Crippen LogP contribution in [-0.4, -0.2) is 13.4 Å². The van der Waals surface area contributed by atoms with E-state index in [2.05, 4.69) is 4.98 Å². The number of hydrogen-bond acceptors (Lipinski definition) is 3. The van der Waals surface area contributed by atoms with Crippen LogP contribution in [0.3, 0.4) is 0 Å². The Morgan fingerprint density at radius 2 is 1.67 bits per heavy atom. The molecule has 4 heteroatoms. The molecule has 0 fully saturated rings. The van der Waals surface area contributed by atoms with E-state index in [0.717, 1.165) is 11.1 Å². The van der Waals surface area contributed by atoms with Gasteiger partial charge in [0.1, 0.15) is 0 Å². The highest BCUT2D eigenvalue weighted by Gasteiger charge is 2.32. The van der Waals surface area contributed by atoms with Crippen molar-refractivity contribution in [1.82, 2.24) is 4.98 Å². The highest BCUT2D eigenvalue weighted by Crippen LogP contribution is 2.41. The zero-order valence-corrected chi connectivity index (χ0v) is 8.53. The Labute approximate surface area is 87.3 Å². The fourth-order valence-corrected chi connectivity index (χ4v) is 3.49. The van der Waals surface area contributed by atoms with Gasteiger partial charge >= 0.3 is 0 Å². The van der Waals surface area contributed by atoms with Gasteiger partial charge in [0.05, 0.1) is 9.79 Å². The monoisotopic (exact) mass is 217 g/mol. The second-order valence-electron chi connectivity index (χ2n) is 3.37. The molecule has 0 saturated heterocycles.